The maximum atomic E-state index is 11.7. The van der Waals surface area contributed by atoms with Crippen LogP contribution < -0.4 is 11.1 Å². The molecule has 1 aromatic heterocycles. The van der Waals surface area contributed by atoms with Gasteiger partial charge in [-0.15, -0.1) is 22.0 Å². The highest BCUT2D eigenvalue weighted by Crippen LogP contribution is 2.23. The molecule has 0 saturated heterocycles. The number of nitrogens with one attached hydrogen (secondary N) is 1. The lowest BCUT2D eigenvalue weighted by atomic mass is 10.2. The zero-order valence-electron chi connectivity index (χ0n) is 12.2. The van der Waals surface area contributed by atoms with Crippen molar-refractivity contribution >= 4 is 45.9 Å². The standard InChI is InChI=1S/C14H18N4OS3/c1-10-3-5-11(6-4-10)20-8-2-7-16-12(19)9-21-14-18-17-13(15)22-14/h3-6H,2,7-9H2,1H3,(H2,15,17)(H,16,19). The Morgan fingerprint density at radius 1 is 1.27 bits per heavy atom. The van der Waals surface area contributed by atoms with Gasteiger partial charge in [0.15, 0.2) is 4.34 Å². The number of aryl methyl sites for hydroxylation is 1. The molecule has 2 rings (SSSR count). The van der Waals surface area contributed by atoms with E-state index in [1.54, 1.807) is 11.8 Å². The van der Waals surface area contributed by atoms with Crippen molar-refractivity contribution in [3.63, 3.8) is 0 Å². The fourth-order valence-corrected chi connectivity index (χ4v) is 3.90. The number of benzene rings is 1. The average molecular weight is 355 g/mol. The molecular formula is C14H18N4OS3. The summed E-state index contributed by atoms with van der Waals surface area (Å²) in [5.74, 6) is 1.35. The van der Waals surface area contributed by atoms with E-state index in [9.17, 15) is 4.79 Å². The number of nitrogens with two attached hydrogens (primary N) is 1. The van der Waals surface area contributed by atoms with Crippen LogP contribution in [0.15, 0.2) is 33.5 Å². The number of nitrogen functional groups attached to an aromatic ring is 1. The largest absolute Gasteiger partial charge is 0.374 e. The Hall–Kier alpha value is -1.25. The van der Waals surface area contributed by atoms with Gasteiger partial charge in [0.1, 0.15) is 0 Å². The quantitative estimate of drug-likeness (QED) is 0.560. The topological polar surface area (TPSA) is 80.9 Å². The maximum Gasteiger partial charge on any atom is 0.230 e. The molecule has 8 heteroatoms. The Morgan fingerprint density at radius 2 is 2.05 bits per heavy atom. The molecule has 0 unspecified atom stereocenters. The number of anilines is 1. The second-order valence-electron chi connectivity index (χ2n) is 4.56. The first-order chi connectivity index (χ1) is 10.6. The Bertz CT molecular complexity index is 600. The van der Waals surface area contributed by atoms with Gasteiger partial charge < -0.3 is 11.1 Å². The van der Waals surface area contributed by atoms with Gasteiger partial charge in [0.05, 0.1) is 5.75 Å². The molecule has 0 aliphatic heterocycles. The molecule has 118 valence electrons. The van der Waals surface area contributed by atoms with Crippen LogP contribution in [0.5, 0.6) is 0 Å². The highest BCUT2D eigenvalue weighted by atomic mass is 32.2. The molecule has 1 aromatic carbocycles. The molecule has 0 radical (unpaired) electrons. The molecule has 0 bridgehead atoms. The van der Waals surface area contributed by atoms with Gasteiger partial charge in [-0.3, -0.25) is 4.79 Å². The summed E-state index contributed by atoms with van der Waals surface area (Å²) in [7, 11) is 0. The zero-order chi connectivity index (χ0) is 15.8. The summed E-state index contributed by atoms with van der Waals surface area (Å²) in [5.41, 5.74) is 6.75. The highest BCUT2D eigenvalue weighted by Gasteiger charge is 2.06. The Kier molecular flexibility index (Phi) is 7.01. The molecule has 0 atom stereocenters. The van der Waals surface area contributed by atoms with Crippen molar-refractivity contribution in [2.24, 2.45) is 0 Å². The minimum absolute atomic E-state index is 0.0131. The SMILES string of the molecule is Cc1ccc(SCCCNC(=O)CSc2nnc(N)s2)cc1. The Labute approximate surface area is 142 Å². The molecule has 3 N–H and O–H groups in total. The van der Waals surface area contributed by atoms with E-state index in [0.717, 1.165) is 16.5 Å². The number of rotatable bonds is 8. The first-order valence-electron chi connectivity index (χ1n) is 6.81. The number of carbonyl (C=O) groups excluding carboxylic acids is 1. The van der Waals surface area contributed by atoms with E-state index in [0.29, 0.717) is 17.4 Å². The molecule has 1 heterocycles. The number of amides is 1. The number of hydrogen-bond acceptors (Lipinski definition) is 7. The number of nitrogens with zero attached hydrogens (tertiary/aromatic N) is 2. The van der Waals surface area contributed by atoms with E-state index in [1.807, 2.05) is 0 Å². The fraction of sp³-hybridized carbons (Fsp3) is 0.357. The predicted octanol–water partition coefficient (Wildman–Crippen LogP) is 2.82. The van der Waals surface area contributed by atoms with Gasteiger partial charge in [-0.05, 0) is 31.2 Å². The molecule has 0 fully saturated rings. The molecule has 0 aliphatic rings. The molecule has 0 spiro atoms. The molecule has 0 saturated carbocycles. The average Bonchev–Trinajstić information content (AvgIpc) is 2.92. The van der Waals surface area contributed by atoms with E-state index in [2.05, 4.69) is 46.7 Å². The lowest BCUT2D eigenvalue weighted by Crippen LogP contribution is -2.26. The van der Waals surface area contributed by atoms with E-state index in [4.69, 9.17) is 5.73 Å². The highest BCUT2D eigenvalue weighted by molar-refractivity contribution is 8.01. The van der Waals surface area contributed by atoms with Gasteiger partial charge in [0, 0.05) is 11.4 Å². The minimum atomic E-state index is 0.0131. The monoisotopic (exact) mass is 354 g/mol. The van der Waals surface area contributed by atoms with Crippen LogP contribution in [0.3, 0.4) is 0 Å². The molecular weight excluding hydrogens is 336 g/mol. The third-order valence-electron chi connectivity index (χ3n) is 2.68. The van der Waals surface area contributed by atoms with Crippen molar-refractivity contribution in [1.29, 1.82) is 0 Å². The lowest BCUT2D eigenvalue weighted by molar-refractivity contribution is -0.118. The lowest BCUT2D eigenvalue weighted by Gasteiger charge is -2.04. The minimum Gasteiger partial charge on any atom is -0.374 e. The summed E-state index contributed by atoms with van der Waals surface area (Å²) >= 11 is 4.46. The summed E-state index contributed by atoms with van der Waals surface area (Å²) in [6.45, 7) is 2.77. The van der Waals surface area contributed by atoms with E-state index in [1.165, 1.54) is 33.6 Å². The van der Waals surface area contributed by atoms with Gasteiger partial charge in [0.2, 0.25) is 11.0 Å². The second-order valence-corrected chi connectivity index (χ2v) is 7.96. The van der Waals surface area contributed by atoms with Crippen molar-refractivity contribution < 1.29 is 4.79 Å². The van der Waals surface area contributed by atoms with Crippen LogP contribution >= 0.6 is 34.9 Å². The first-order valence-corrected chi connectivity index (χ1v) is 9.60. The van der Waals surface area contributed by atoms with Crippen molar-refractivity contribution in [2.45, 2.75) is 22.6 Å². The molecule has 0 aliphatic carbocycles. The van der Waals surface area contributed by atoms with E-state index >= 15 is 0 Å². The Balaban J connectivity index is 1.54. The number of aromatic nitrogens is 2. The van der Waals surface area contributed by atoms with Crippen LogP contribution in [-0.2, 0) is 4.79 Å². The van der Waals surface area contributed by atoms with Gasteiger partial charge in [-0.25, -0.2) is 0 Å². The van der Waals surface area contributed by atoms with Crippen LogP contribution in [0.4, 0.5) is 5.13 Å². The normalized spacial score (nSPS) is 10.6. The predicted molar refractivity (Wildman–Crippen MR) is 94.6 cm³/mol. The van der Waals surface area contributed by atoms with Crippen molar-refractivity contribution in [3.8, 4) is 0 Å². The molecule has 22 heavy (non-hydrogen) atoms. The zero-order valence-corrected chi connectivity index (χ0v) is 14.7. The third-order valence-corrected chi connectivity index (χ3v) is 5.67. The summed E-state index contributed by atoms with van der Waals surface area (Å²) in [4.78, 5) is 12.9. The van der Waals surface area contributed by atoms with E-state index < -0.39 is 0 Å². The maximum absolute atomic E-state index is 11.7. The van der Waals surface area contributed by atoms with Gasteiger partial charge in [0.25, 0.3) is 0 Å². The Morgan fingerprint density at radius 3 is 2.73 bits per heavy atom. The summed E-state index contributed by atoms with van der Waals surface area (Å²) in [5, 5.41) is 10.9. The molecule has 5 nitrogen and oxygen atoms in total. The summed E-state index contributed by atoms with van der Waals surface area (Å²) < 4.78 is 0.725. The summed E-state index contributed by atoms with van der Waals surface area (Å²) in [6.07, 6.45) is 0.945. The smallest absolute Gasteiger partial charge is 0.230 e. The number of carbonyl (C=O) groups is 1. The van der Waals surface area contributed by atoms with Crippen LogP contribution in [0.1, 0.15) is 12.0 Å². The first kappa shape index (κ1) is 17.1. The van der Waals surface area contributed by atoms with Gasteiger partial charge in [-0.1, -0.05) is 40.8 Å². The third kappa shape index (κ3) is 6.25. The van der Waals surface area contributed by atoms with Crippen LogP contribution in [0, 0.1) is 6.92 Å². The van der Waals surface area contributed by atoms with Crippen LogP contribution in [0.2, 0.25) is 0 Å². The van der Waals surface area contributed by atoms with Crippen molar-refractivity contribution in [1.82, 2.24) is 15.5 Å². The van der Waals surface area contributed by atoms with Crippen LogP contribution in [-0.4, -0.2) is 34.2 Å². The second kappa shape index (κ2) is 9.02. The molecule has 1 amide bonds. The van der Waals surface area contributed by atoms with Crippen LogP contribution in [0.25, 0.3) is 0 Å². The van der Waals surface area contributed by atoms with Crippen molar-refractivity contribution in [2.75, 3.05) is 23.8 Å². The van der Waals surface area contributed by atoms with E-state index in [-0.39, 0.29) is 5.91 Å². The van der Waals surface area contributed by atoms with Gasteiger partial charge in [-0.2, -0.15) is 0 Å². The molecule has 2 aromatic rings. The van der Waals surface area contributed by atoms with Gasteiger partial charge >= 0.3 is 0 Å². The number of thioether (sulfide) groups is 2. The number of hydrogen-bond donors (Lipinski definition) is 2. The summed E-state index contributed by atoms with van der Waals surface area (Å²) in [6, 6.07) is 8.48. The fourth-order valence-electron chi connectivity index (χ4n) is 1.58. The van der Waals surface area contributed by atoms with Crippen molar-refractivity contribution in [3.05, 3.63) is 29.8 Å².